The Bertz CT molecular complexity index is 764. The highest BCUT2D eigenvalue weighted by molar-refractivity contribution is 5.66. The van der Waals surface area contributed by atoms with Gasteiger partial charge in [0.25, 0.3) is 0 Å². The fraction of sp³-hybridized carbons (Fsp3) is 0.455. The third-order valence-electron chi connectivity index (χ3n) is 5.28. The lowest BCUT2D eigenvalue weighted by Crippen LogP contribution is -2.24. The van der Waals surface area contributed by atoms with E-state index in [1.165, 1.54) is 25.1 Å². The highest BCUT2D eigenvalue weighted by Crippen LogP contribution is 2.34. The molecule has 0 radical (unpaired) electrons. The predicted octanol–water partition coefficient (Wildman–Crippen LogP) is 6.53. The minimum atomic E-state index is -1.00. The Hall–Kier alpha value is -1.81. The summed E-state index contributed by atoms with van der Waals surface area (Å²) in [5.74, 6) is -2.31. The molecule has 2 aromatic rings. The summed E-state index contributed by atoms with van der Waals surface area (Å²) in [6, 6.07) is 7.67. The summed E-state index contributed by atoms with van der Waals surface area (Å²) < 4.78 is 48.5. The van der Waals surface area contributed by atoms with Crippen LogP contribution in [0.5, 0.6) is 0 Å². The molecule has 0 saturated carbocycles. The molecule has 1 saturated heterocycles. The Morgan fingerprint density at radius 2 is 1.77 bits per heavy atom. The highest BCUT2D eigenvalue weighted by Gasteiger charge is 2.24. The Morgan fingerprint density at radius 3 is 2.42 bits per heavy atom. The van der Waals surface area contributed by atoms with E-state index in [2.05, 4.69) is 6.92 Å². The van der Waals surface area contributed by atoms with Crippen molar-refractivity contribution in [2.75, 3.05) is 6.61 Å². The second kappa shape index (κ2) is 8.26. The second-order valence-electron chi connectivity index (χ2n) is 7.17. The van der Waals surface area contributed by atoms with E-state index < -0.39 is 17.5 Å². The Labute approximate surface area is 153 Å². The topological polar surface area (TPSA) is 9.23 Å². The molecule has 0 aliphatic carbocycles. The summed E-state index contributed by atoms with van der Waals surface area (Å²) >= 11 is 0. The average Bonchev–Trinajstić information content (AvgIpc) is 2.65. The number of hydrogen-bond acceptors (Lipinski definition) is 1. The van der Waals surface area contributed by atoms with E-state index in [9.17, 15) is 13.2 Å². The molecule has 1 fully saturated rings. The largest absolute Gasteiger partial charge is 0.378 e. The standard InChI is InChI=1S/C22H25F3O/c1-3-4-5-17-9-7-16(13-26-17)15-8-11-18(20(23)12-15)19-10-6-14(2)21(24)22(19)25/h6,8,10-12,16-17H,3-5,7,9,13H2,1-2H3. The summed E-state index contributed by atoms with van der Waals surface area (Å²) in [6.45, 7) is 4.23. The molecule has 0 bridgehead atoms. The van der Waals surface area contributed by atoms with Crippen LogP contribution in [-0.4, -0.2) is 12.7 Å². The molecule has 0 amide bonds. The molecule has 0 spiro atoms. The van der Waals surface area contributed by atoms with Crippen LogP contribution in [0, 0.1) is 24.4 Å². The maximum Gasteiger partial charge on any atom is 0.167 e. The summed E-state index contributed by atoms with van der Waals surface area (Å²) in [7, 11) is 0. The first-order valence-corrected chi connectivity index (χ1v) is 9.37. The van der Waals surface area contributed by atoms with Crippen LogP contribution in [0.1, 0.15) is 56.1 Å². The highest BCUT2D eigenvalue weighted by atomic mass is 19.2. The molecule has 26 heavy (non-hydrogen) atoms. The van der Waals surface area contributed by atoms with E-state index in [4.69, 9.17) is 4.74 Å². The number of rotatable bonds is 5. The predicted molar refractivity (Wildman–Crippen MR) is 97.7 cm³/mol. The van der Waals surface area contributed by atoms with Crippen molar-refractivity contribution in [1.82, 2.24) is 0 Å². The van der Waals surface area contributed by atoms with Gasteiger partial charge in [-0.05, 0) is 43.4 Å². The van der Waals surface area contributed by atoms with Gasteiger partial charge in [0.05, 0.1) is 12.7 Å². The molecule has 2 atom stereocenters. The number of hydrogen-bond donors (Lipinski definition) is 0. The molecule has 0 N–H and O–H groups in total. The van der Waals surface area contributed by atoms with E-state index in [1.54, 1.807) is 12.1 Å². The lowest BCUT2D eigenvalue weighted by molar-refractivity contribution is -0.00193. The summed E-state index contributed by atoms with van der Waals surface area (Å²) in [6.07, 6.45) is 5.64. The van der Waals surface area contributed by atoms with Crippen molar-refractivity contribution in [3.8, 4) is 11.1 Å². The van der Waals surface area contributed by atoms with Crippen LogP contribution in [0.3, 0.4) is 0 Å². The molecule has 0 aromatic heterocycles. The molecule has 140 valence electrons. The van der Waals surface area contributed by atoms with E-state index in [0.29, 0.717) is 12.7 Å². The van der Waals surface area contributed by atoms with Gasteiger partial charge in [-0.2, -0.15) is 0 Å². The molecule has 4 heteroatoms. The van der Waals surface area contributed by atoms with E-state index >= 15 is 0 Å². The first-order valence-electron chi connectivity index (χ1n) is 9.37. The fourth-order valence-corrected chi connectivity index (χ4v) is 3.59. The van der Waals surface area contributed by atoms with Gasteiger partial charge in [-0.1, -0.05) is 44.0 Å². The fourth-order valence-electron chi connectivity index (χ4n) is 3.59. The molecule has 3 rings (SSSR count). The zero-order valence-corrected chi connectivity index (χ0v) is 15.3. The summed E-state index contributed by atoms with van der Waals surface area (Å²) in [5.41, 5.74) is 1.10. The number of aryl methyl sites for hydroxylation is 1. The lowest BCUT2D eigenvalue weighted by Gasteiger charge is -2.29. The minimum Gasteiger partial charge on any atom is -0.378 e. The first-order chi connectivity index (χ1) is 12.5. The van der Waals surface area contributed by atoms with Gasteiger partial charge < -0.3 is 4.74 Å². The molecule has 1 aliphatic rings. The summed E-state index contributed by atoms with van der Waals surface area (Å²) in [5, 5.41) is 0. The van der Waals surface area contributed by atoms with Gasteiger partial charge >= 0.3 is 0 Å². The van der Waals surface area contributed by atoms with Crippen molar-refractivity contribution in [2.45, 2.75) is 58.0 Å². The molecular weight excluding hydrogens is 337 g/mol. The Kier molecular flexibility index (Phi) is 6.02. The molecular formula is C22H25F3O. The van der Waals surface area contributed by atoms with Gasteiger partial charge in [-0.3, -0.25) is 0 Å². The molecule has 2 aromatic carbocycles. The average molecular weight is 362 g/mol. The van der Waals surface area contributed by atoms with Crippen molar-refractivity contribution in [1.29, 1.82) is 0 Å². The molecule has 1 aliphatic heterocycles. The van der Waals surface area contributed by atoms with Gasteiger partial charge in [0.1, 0.15) is 5.82 Å². The van der Waals surface area contributed by atoms with Crippen LogP contribution in [0.15, 0.2) is 30.3 Å². The van der Waals surface area contributed by atoms with Gasteiger partial charge in [0, 0.05) is 17.0 Å². The SMILES string of the molecule is CCCCC1CCC(c2ccc(-c3ccc(C)c(F)c3F)c(F)c2)CO1. The lowest BCUT2D eigenvalue weighted by atomic mass is 9.89. The van der Waals surface area contributed by atoms with E-state index in [-0.39, 0.29) is 22.6 Å². The number of benzene rings is 2. The Balaban J connectivity index is 1.76. The number of ether oxygens (including phenoxy) is 1. The monoisotopic (exact) mass is 362 g/mol. The smallest absolute Gasteiger partial charge is 0.167 e. The van der Waals surface area contributed by atoms with Crippen molar-refractivity contribution >= 4 is 0 Å². The third kappa shape index (κ3) is 3.96. The quantitative estimate of drug-likeness (QED) is 0.587. The number of halogens is 3. The third-order valence-corrected chi connectivity index (χ3v) is 5.28. The van der Waals surface area contributed by atoms with Crippen LogP contribution in [0.25, 0.3) is 11.1 Å². The molecule has 1 heterocycles. The van der Waals surface area contributed by atoms with Crippen molar-refractivity contribution in [3.63, 3.8) is 0 Å². The van der Waals surface area contributed by atoms with Gasteiger partial charge in [0.15, 0.2) is 11.6 Å². The molecule has 1 nitrogen and oxygen atoms in total. The Morgan fingerprint density at radius 1 is 1.00 bits per heavy atom. The zero-order valence-electron chi connectivity index (χ0n) is 15.3. The van der Waals surface area contributed by atoms with Gasteiger partial charge in [-0.15, -0.1) is 0 Å². The zero-order chi connectivity index (χ0) is 18.7. The van der Waals surface area contributed by atoms with Crippen LogP contribution >= 0.6 is 0 Å². The van der Waals surface area contributed by atoms with Crippen molar-refractivity contribution in [3.05, 3.63) is 58.9 Å². The van der Waals surface area contributed by atoms with E-state index in [1.807, 2.05) is 0 Å². The number of unbranched alkanes of at least 4 members (excludes halogenated alkanes) is 1. The van der Waals surface area contributed by atoms with E-state index in [0.717, 1.165) is 37.7 Å². The maximum atomic E-state index is 14.6. The molecule has 2 unspecified atom stereocenters. The van der Waals surface area contributed by atoms with Crippen LogP contribution in [0.4, 0.5) is 13.2 Å². The second-order valence-corrected chi connectivity index (χ2v) is 7.17. The van der Waals surface area contributed by atoms with Crippen LogP contribution in [-0.2, 0) is 4.74 Å². The van der Waals surface area contributed by atoms with Crippen molar-refractivity contribution < 1.29 is 17.9 Å². The first kappa shape index (κ1) is 19.0. The van der Waals surface area contributed by atoms with Crippen LogP contribution in [0.2, 0.25) is 0 Å². The minimum absolute atomic E-state index is 0.0447. The van der Waals surface area contributed by atoms with Gasteiger partial charge in [-0.25, -0.2) is 13.2 Å². The maximum absolute atomic E-state index is 14.6. The van der Waals surface area contributed by atoms with Crippen molar-refractivity contribution in [2.24, 2.45) is 0 Å². The normalized spacial score (nSPS) is 20.3. The van der Waals surface area contributed by atoms with Gasteiger partial charge in [0.2, 0.25) is 0 Å². The van der Waals surface area contributed by atoms with Crippen LogP contribution < -0.4 is 0 Å². The summed E-state index contributed by atoms with van der Waals surface area (Å²) in [4.78, 5) is 0.